The van der Waals surface area contributed by atoms with Gasteiger partial charge in [-0.1, -0.05) is 79.7 Å². The molecule has 5 nitrogen and oxygen atoms in total. The van der Waals surface area contributed by atoms with E-state index in [9.17, 15) is 9.59 Å². The number of carbonyl (C=O) groups is 1. The summed E-state index contributed by atoms with van der Waals surface area (Å²) in [6, 6.07) is 27.3. The van der Waals surface area contributed by atoms with Crippen molar-refractivity contribution >= 4 is 16.7 Å². The molecule has 40 heavy (non-hydrogen) atoms. The van der Waals surface area contributed by atoms with Crippen LogP contribution in [0.5, 0.6) is 0 Å². The van der Waals surface area contributed by atoms with Crippen LogP contribution in [0.4, 0.5) is 0 Å². The van der Waals surface area contributed by atoms with E-state index in [0.29, 0.717) is 28.8 Å². The lowest BCUT2D eigenvalue weighted by Gasteiger charge is -2.40. The van der Waals surface area contributed by atoms with E-state index in [2.05, 4.69) is 35.3 Å². The molecule has 1 aromatic heterocycles. The SMILES string of the molecule is CC[C@H](NC(=O)c1c(CN2CCCC3CCCC=C32)n(-c2ccccc2)c(=O)c2ccccc12)c1ccccc1. The third-order valence-electron chi connectivity index (χ3n) is 8.56. The van der Waals surface area contributed by atoms with Gasteiger partial charge in [-0.2, -0.15) is 0 Å². The second kappa shape index (κ2) is 11.5. The summed E-state index contributed by atoms with van der Waals surface area (Å²) in [5.74, 6) is 0.428. The van der Waals surface area contributed by atoms with Gasteiger partial charge in [-0.3, -0.25) is 14.2 Å². The Hall–Kier alpha value is -4.12. The first-order valence-electron chi connectivity index (χ1n) is 14.7. The van der Waals surface area contributed by atoms with E-state index in [1.165, 1.54) is 25.0 Å². The van der Waals surface area contributed by atoms with E-state index in [1.54, 1.807) is 4.57 Å². The second-order valence-corrected chi connectivity index (χ2v) is 11.0. The highest BCUT2D eigenvalue weighted by molar-refractivity contribution is 6.08. The van der Waals surface area contributed by atoms with Crippen LogP contribution in [0.1, 0.15) is 73.1 Å². The lowest BCUT2D eigenvalue weighted by atomic mass is 9.84. The first-order chi connectivity index (χ1) is 19.7. The maximum absolute atomic E-state index is 14.4. The van der Waals surface area contributed by atoms with Crippen LogP contribution in [-0.4, -0.2) is 21.9 Å². The molecule has 3 aromatic carbocycles. The van der Waals surface area contributed by atoms with E-state index in [0.717, 1.165) is 42.8 Å². The number of amides is 1. The Morgan fingerprint density at radius 2 is 1.57 bits per heavy atom. The summed E-state index contributed by atoms with van der Waals surface area (Å²) in [7, 11) is 0. The Bertz CT molecular complexity index is 1590. The predicted molar refractivity (Wildman–Crippen MR) is 162 cm³/mol. The van der Waals surface area contributed by atoms with E-state index >= 15 is 0 Å². The number of hydrogen-bond acceptors (Lipinski definition) is 3. The van der Waals surface area contributed by atoms with Crippen LogP contribution in [0, 0.1) is 5.92 Å². The molecule has 0 bridgehead atoms. The predicted octanol–water partition coefficient (Wildman–Crippen LogP) is 7.15. The van der Waals surface area contributed by atoms with Crippen molar-refractivity contribution in [3.63, 3.8) is 0 Å². The Balaban J connectivity index is 1.54. The van der Waals surface area contributed by atoms with E-state index in [1.807, 2.05) is 72.8 Å². The Labute approximate surface area is 236 Å². The first kappa shape index (κ1) is 26.1. The quantitative estimate of drug-likeness (QED) is 0.275. The molecule has 204 valence electrons. The smallest absolute Gasteiger partial charge is 0.263 e. The summed E-state index contributed by atoms with van der Waals surface area (Å²) in [5.41, 5.74) is 4.50. The number of aromatic nitrogens is 1. The van der Waals surface area contributed by atoms with Crippen molar-refractivity contribution in [3.8, 4) is 5.69 Å². The van der Waals surface area contributed by atoms with Gasteiger partial charge in [0, 0.05) is 28.7 Å². The van der Waals surface area contributed by atoms with Crippen LogP contribution in [-0.2, 0) is 6.54 Å². The summed E-state index contributed by atoms with van der Waals surface area (Å²) in [4.78, 5) is 31.0. The summed E-state index contributed by atoms with van der Waals surface area (Å²) >= 11 is 0. The van der Waals surface area contributed by atoms with Gasteiger partial charge >= 0.3 is 0 Å². The molecule has 0 spiro atoms. The van der Waals surface area contributed by atoms with Gasteiger partial charge in [0.15, 0.2) is 0 Å². The molecule has 2 aliphatic rings. The monoisotopic (exact) mass is 531 g/mol. The maximum Gasteiger partial charge on any atom is 0.263 e. The average molecular weight is 532 g/mol. The number of pyridine rings is 1. The van der Waals surface area contributed by atoms with Crippen LogP contribution < -0.4 is 10.9 Å². The van der Waals surface area contributed by atoms with Crippen molar-refractivity contribution in [3.05, 3.63) is 124 Å². The van der Waals surface area contributed by atoms with Gasteiger partial charge in [-0.05, 0) is 68.2 Å². The van der Waals surface area contributed by atoms with Crippen molar-refractivity contribution in [1.29, 1.82) is 0 Å². The normalized spacial score (nSPS) is 17.7. The molecule has 0 radical (unpaired) electrons. The van der Waals surface area contributed by atoms with Crippen LogP contribution in [0.15, 0.2) is 101 Å². The lowest BCUT2D eigenvalue weighted by Crippen LogP contribution is -2.38. The van der Waals surface area contributed by atoms with Crippen LogP contribution >= 0.6 is 0 Å². The Morgan fingerprint density at radius 1 is 0.900 bits per heavy atom. The number of nitrogens with zero attached hydrogens (tertiary/aromatic N) is 2. The molecule has 1 aliphatic carbocycles. The maximum atomic E-state index is 14.4. The third kappa shape index (κ3) is 4.97. The molecule has 5 heteroatoms. The van der Waals surface area contributed by atoms with Crippen molar-refractivity contribution in [1.82, 2.24) is 14.8 Å². The summed E-state index contributed by atoms with van der Waals surface area (Å²) < 4.78 is 1.79. The fraction of sp³-hybridized carbons (Fsp3) is 0.314. The van der Waals surface area contributed by atoms with Gasteiger partial charge in [-0.25, -0.2) is 0 Å². The van der Waals surface area contributed by atoms with Gasteiger partial charge < -0.3 is 10.2 Å². The molecule has 1 aliphatic heterocycles. The highest BCUT2D eigenvalue weighted by Crippen LogP contribution is 2.36. The molecule has 1 unspecified atom stereocenters. The zero-order valence-electron chi connectivity index (χ0n) is 23.2. The minimum atomic E-state index is -0.141. The number of rotatable bonds is 7. The summed E-state index contributed by atoms with van der Waals surface area (Å²) in [5, 5.41) is 4.60. The molecule has 6 rings (SSSR count). The minimum Gasteiger partial charge on any atom is -0.369 e. The molecule has 1 saturated heterocycles. The number of allylic oxidation sites excluding steroid dienone is 2. The van der Waals surface area contributed by atoms with Crippen molar-refractivity contribution in [2.24, 2.45) is 5.92 Å². The standard InChI is InChI=1S/C35H37N3O2/c1-2-30(25-14-5-3-6-15-25)36-34(39)33-28-20-10-11-21-29(28)35(40)38(27-18-7-4-8-19-27)32(33)24-37-23-13-17-26-16-9-12-22-31(26)37/h3-8,10-11,14-15,18-22,26,30H,2,9,12-13,16-17,23-24H2,1H3,(H,36,39)/t26?,30-/m0/s1. The first-order valence-corrected chi connectivity index (χ1v) is 14.7. The van der Waals surface area contributed by atoms with Crippen molar-refractivity contribution < 1.29 is 4.79 Å². The fourth-order valence-electron chi connectivity index (χ4n) is 6.61. The van der Waals surface area contributed by atoms with Gasteiger partial charge in [0.1, 0.15) is 0 Å². The number of likely N-dealkylation sites (tertiary alicyclic amines) is 1. The molecule has 1 fully saturated rings. The molecule has 1 amide bonds. The molecule has 4 aromatic rings. The average Bonchev–Trinajstić information content (AvgIpc) is 3.01. The van der Waals surface area contributed by atoms with Gasteiger partial charge in [0.05, 0.1) is 23.8 Å². The second-order valence-electron chi connectivity index (χ2n) is 11.0. The third-order valence-corrected chi connectivity index (χ3v) is 8.56. The number of piperidine rings is 1. The van der Waals surface area contributed by atoms with Crippen molar-refractivity contribution in [2.75, 3.05) is 6.54 Å². The molecule has 2 heterocycles. The van der Waals surface area contributed by atoms with Crippen LogP contribution in [0.3, 0.4) is 0 Å². The molecular weight excluding hydrogens is 494 g/mol. The van der Waals surface area contributed by atoms with Gasteiger partial charge in [0.25, 0.3) is 11.5 Å². The molecule has 2 atom stereocenters. The lowest BCUT2D eigenvalue weighted by molar-refractivity contribution is 0.0934. The highest BCUT2D eigenvalue weighted by Gasteiger charge is 2.30. The fourth-order valence-corrected chi connectivity index (χ4v) is 6.61. The van der Waals surface area contributed by atoms with Crippen molar-refractivity contribution in [2.45, 2.75) is 58.0 Å². The molecule has 0 saturated carbocycles. The van der Waals surface area contributed by atoms with E-state index in [4.69, 9.17) is 0 Å². The Kier molecular flexibility index (Phi) is 7.54. The zero-order valence-corrected chi connectivity index (χ0v) is 23.2. The molecule has 1 N–H and O–H groups in total. The van der Waals surface area contributed by atoms with Crippen LogP contribution in [0.25, 0.3) is 16.5 Å². The zero-order chi connectivity index (χ0) is 27.5. The van der Waals surface area contributed by atoms with E-state index in [-0.39, 0.29) is 17.5 Å². The topological polar surface area (TPSA) is 54.3 Å². The number of nitrogens with one attached hydrogen (secondary N) is 1. The van der Waals surface area contributed by atoms with Crippen LogP contribution in [0.2, 0.25) is 0 Å². The molecular formula is C35H37N3O2. The largest absolute Gasteiger partial charge is 0.369 e. The Morgan fingerprint density at radius 3 is 2.33 bits per heavy atom. The minimum absolute atomic E-state index is 0.0883. The number of para-hydroxylation sites is 1. The van der Waals surface area contributed by atoms with Gasteiger partial charge in [-0.15, -0.1) is 0 Å². The number of benzene rings is 3. The number of fused-ring (bicyclic) bond motifs is 2. The van der Waals surface area contributed by atoms with Gasteiger partial charge in [0.2, 0.25) is 0 Å². The number of hydrogen-bond donors (Lipinski definition) is 1. The van der Waals surface area contributed by atoms with E-state index < -0.39 is 0 Å². The summed E-state index contributed by atoms with van der Waals surface area (Å²) in [6.07, 6.45) is 9.04. The highest BCUT2D eigenvalue weighted by atomic mass is 16.2. The summed E-state index contributed by atoms with van der Waals surface area (Å²) in [6.45, 7) is 3.54. The number of carbonyl (C=O) groups excluding carboxylic acids is 1.